The molecule has 3 unspecified atom stereocenters. The second-order valence-corrected chi connectivity index (χ2v) is 8.12. The molecule has 2 heterocycles. The molecular weight excluding hydrogens is 292 g/mol. The zero-order valence-corrected chi connectivity index (χ0v) is 13.0. The van der Waals surface area contributed by atoms with Crippen LogP contribution >= 0.6 is 15.9 Å². The Morgan fingerprint density at radius 3 is 2.44 bits per heavy atom. The molecule has 3 fully saturated rings. The summed E-state index contributed by atoms with van der Waals surface area (Å²) in [6.45, 7) is 5.26. The second kappa shape index (κ2) is 5.06. The van der Waals surface area contributed by atoms with E-state index in [4.69, 9.17) is 9.47 Å². The third-order valence-corrected chi connectivity index (χ3v) is 6.38. The van der Waals surface area contributed by atoms with Crippen molar-refractivity contribution in [1.29, 1.82) is 0 Å². The van der Waals surface area contributed by atoms with Crippen LogP contribution in [-0.4, -0.2) is 30.2 Å². The highest BCUT2D eigenvalue weighted by Gasteiger charge is 2.47. The molecule has 0 aromatic heterocycles. The summed E-state index contributed by atoms with van der Waals surface area (Å²) in [6, 6.07) is 0. The molecule has 1 spiro atoms. The molecule has 3 heteroatoms. The maximum absolute atomic E-state index is 6.18. The summed E-state index contributed by atoms with van der Waals surface area (Å²) in [6.07, 6.45) is 8.84. The van der Waals surface area contributed by atoms with E-state index in [0.29, 0.717) is 5.41 Å². The second-order valence-electron chi connectivity index (χ2n) is 6.83. The van der Waals surface area contributed by atoms with Gasteiger partial charge < -0.3 is 9.47 Å². The molecule has 0 aromatic rings. The van der Waals surface area contributed by atoms with Gasteiger partial charge in [0.15, 0.2) is 0 Å². The quantitative estimate of drug-likeness (QED) is 0.683. The van der Waals surface area contributed by atoms with Crippen molar-refractivity contribution in [1.82, 2.24) is 0 Å². The monoisotopic (exact) mass is 316 g/mol. The lowest BCUT2D eigenvalue weighted by Gasteiger charge is -2.48. The van der Waals surface area contributed by atoms with Gasteiger partial charge in [0.05, 0.1) is 5.60 Å². The van der Waals surface area contributed by atoms with Crippen molar-refractivity contribution in [2.75, 3.05) is 19.8 Å². The van der Waals surface area contributed by atoms with E-state index in [0.717, 1.165) is 43.4 Å². The zero-order chi connectivity index (χ0) is 12.6. The van der Waals surface area contributed by atoms with Crippen molar-refractivity contribution in [2.24, 2.45) is 11.3 Å². The minimum atomic E-state index is 0.161. The molecule has 2 saturated heterocycles. The Hall–Kier alpha value is 0.400. The van der Waals surface area contributed by atoms with Gasteiger partial charge >= 0.3 is 0 Å². The Morgan fingerprint density at radius 2 is 1.78 bits per heavy atom. The number of rotatable bonds is 1. The van der Waals surface area contributed by atoms with Crippen LogP contribution in [0.2, 0.25) is 0 Å². The van der Waals surface area contributed by atoms with E-state index in [2.05, 4.69) is 22.9 Å². The number of alkyl halides is 1. The Morgan fingerprint density at radius 1 is 1.00 bits per heavy atom. The van der Waals surface area contributed by atoms with Gasteiger partial charge in [-0.25, -0.2) is 0 Å². The molecule has 0 aromatic carbocycles. The average molecular weight is 317 g/mol. The predicted octanol–water partition coefficient (Wildman–Crippen LogP) is 3.92. The smallest absolute Gasteiger partial charge is 0.0729 e. The summed E-state index contributed by atoms with van der Waals surface area (Å²) in [4.78, 5) is 0.746. The molecule has 1 aliphatic carbocycles. The summed E-state index contributed by atoms with van der Waals surface area (Å²) in [7, 11) is 0. The first-order chi connectivity index (χ1) is 8.62. The van der Waals surface area contributed by atoms with E-state index in [1.54, 1.807) is 0 Å². The van der Waals surface area contributed by atoms with Gasteiger partial charge in [-0.15, -0.1) is 0 Å². The van der Waals surface area contributed by atoms with Crippen LogP contribution in [0.4, 0.5) is 0 Å². The fourth-order valence-electron chi connectivity index (χ4n) is 4.28. The number of hydrogen-bond donors (Lipinski definition) is 0. The van der Waals surface area contributed by atoms with Crippen LogP contribution < -0.4 is 0 Å². The maximum atomic E-state index is 6.18. The lowest BCUT2D eigenvalue weighted by atomic mass is 9.67. The first-order valence-electron chi connectivity index (χ1n) is 7.48. The van der Waals surface area contributed by atoms with Crippen molar-refractivity contribution in [3.8, 4) is 0 Å². The number of halogens is 1. The maximum Gasteiger partial charge on any atom is 0.0729 e. The summed E-state index contributed by atoms with van der Waals surface area (Å²) in [5.74, 6) is 0.854. The number of ether oxygens (including phenoxy) is 2. The van der Waals surface area contributed by atoms with Gasteiger partial charge in [-0.05, 0) is 56.3 Å². The van der Waals surface area contributed by atoms with Gasteiger partial charge in [0.2, 0.25) is 0 Å². The summed E-state index contributed by atoms with van der Waals surface area (Å²) >= 11 is 3.82. The molecule has 3 rings (SSSR count). The van der Waals surface area contributed by atoms with Crippen LogP contribution in [0.1, 0.15) is 51.9 Å². The van der Waals surface area contributed by atoms with Gasteiger partial charge in [-0.3, -0.25) is 0 Å². The normalized spacial score (nSPS) is 44.3. The van der Waals surface area contributed by atoms with Crippen LogP contribution in [0.3, 0.4) is 0 Å². The minimum absolute atomic E-state index is 0.161. The van der Waals surface area contributed by atoms with E-state index in [9.17, 15) is 0 Å². The van der Waals surface area contributed by atoms with Crippen molar-refractivity contribution >= 4 is 15.9 Å². The number of hydrogen-bond acceptors (Lipinski definition) is 2. The minimum Gasteiger partial charge on any atom is -0.381 e. The highest BCUT2D eigenvalue weighted by molar-refractivity contribution is 9.09. The molecule has 2 nitrogen and oxygen atoms in total. The Balaban J connectivity index is 1.70. The third kappa shape index (κ3) is 2.51. The van der Waals surface area contributed by atoms with E-state index in [-0.39, 0.29) is 5.60 Å². The molecule has 0 radical (unpaired) electrons. The van der Waals surface area contributed by atoms with E-state index in [1.807, 2.05) is 0 Å². The fourth-order valence-corrected chi connectivity index (χ4v) is 5.25. The molecule has 2 aliphatic heterocycles. The first-order valence-corrected chi connectivity index (χ1v) is 8.39. The van der Waals surface area contributed by atoms with Gasteiger partial charge in [0, 0.05) is 24.6 Å². The van der Waals surface area contributed by atoms with Crippen LogP contribution in [0, 0.1) is 11.3 Å². The predicted molar refractivity (Wildman–Crippen MR) is 76.1 cm³/mol. The SMILES string of the molecule is CC1(C2CCOC3(CCOCC3)C2)CCC(Br)C1. The lowest BCUT2D eigenvalue weighted by molar-refractivity contribution is -0.160. The Labute approximate surface area is 119 Å². The average Bonchev–Trinajstić information content (AvgIpc) is 2.72. The Kier molecular flexibility index (Phi) is 3.77. The van der Waals surface area contributed by atoms with Crippen LogP contribution in [0.5, 0.6) is 0 Å². The standard InChI is InChI=1S/C15H25BrO2/c1-14(4-2-13(16)11-14)12-3-7-18-15(10-12)5-8-17-9-6-15/h12-13H,2-11H2,1H3. The Bertz CT molecular complexity index is 295. The molecule has 0 bridgehead atoms. The molecule has 1 saturated carbocycles. The summed E-state index contributed by atoms with van der Waals surface area (Å²) in [5, 5.41) is 0. The molecular formula is C15H25BrO2. The van der Waals surface area contributed by atoms with Crippen molar-refractivity contribution in [2.45, 2.75) is 62.3 Å². The van der Waals surface area contributed by atoms with Gasteiger partial charge in [-0.2, -0.15) is 0 Å². The van der Waals surface area contributed by atoms with E-state index >= 15 is 0 Å². The van der Waals surface area contributed by atoms with Crippen LogP contribution in [0.25, 0.3) is 0 Å². The van der Waals surface area contributed by atoms with E-state index < -0.39 is 0 Å². The van der Waals surface area contributed by atoms with E-state index in [1.165, 1.54) is 32.1 Å². The van der Waals surface area contributed by atoms with Crippen molar-refractivity contribution in [3.63, 3.8) is 0 Å². The lowest BCUT2D eigenvalue weighted by Crippen LogP contribution is -2.47. The molecule has 3 atom stereocenters. The molecule has 104 valence electrons. The first kappa shape index (κ1) is 13.4. The summed E-state index contributed by atoms with van der Waals surface area (Å²) < 4.78 is 11.7. The van der Waals surface area contributed by atoms with Gasteiger partial charge in [0.1, 0.15) is 0 Å². The molecule has 0 N–H and O–H groups in total. The zero-order valence-electron chi connectivity index (χ0n) is 11.4. The largest absolute Gasteiger partial charge is 0.381 e. The highest BCUT2D eigenvalue weighted by atomic mass is 79.9. The highest BCUT2D eigenvalue weighted by Crippen LogP contribution is 2.52. The van der Waals surface area contributed by atoms with Crippen LogP contribution in [-0.2, 0) is 9.47 Å². The van der Waals surface area contributed by atoms with Crippen molar-refractivity contribution in [3.05, 3.63) is 0 Å². The van der Waals surface area contributed by atoms with Crippen LogP contribution in [0.15, 0.2) is 0 Å². The summed E-state index contributed by atoms with van der Waals surface area (Å²) in [5.41, 5.74) is 0.706. The topological polar surface area (TPSA) is 18.5 Å². The van der Waals surface area contributed by atoms with Crippen molar-refractivity contribution < 1.29 is 9.47 Å². The molecule has 3 aliphatic rings. The molecule has 18 heavy (non-hydrogen) atoms. The fraction of sp³-hybridized carbons (Fsp3) is 1.00. The van der Waals surface area contributed by atoms with Gasteiger partial charge in [-0.1, -0.05) is 22.9 Å². The van der Waals surface area contributed by atoms with Gasteiger partial charge in [0.25, 0.3) is 0 Å². The molecule has 0 amide bonds. The third-order valence-electron chi connectivity index (χ3n) is 5.60.